The second-order valence-electron chi connectivity index (χ2n) is 6.89. The molecule has 0 aliphatic rings. The Kier molecular flexibility index (Phi) is 11.0. The van der Waals surface area contributed by atoms with Crippen molar-refractivity contribution in [3.05, 3.63) is 71.8 Å². The molecule has 206 valence electrons. The Hall–Kier alpha value is -4.38. The van der Waals surface area contributed by atoms with E-state index in [1.807, 2.05) is 31.2 Å². The minimum Gasteiger partial charge on any atom is -0.507 e. The number of anilines is 1. The molecule has 0 aromatic heterocycles. The average molecular weight is 574 g/mol. The summed E-state index contributed by atoms with van der Waals surface area (Å²) in [6, 6.07) is 12.4. The molecule has 0 radical (unpaired) electrons. The van der Waals surface area contributed by atoms with Crippen molar-refractivity contribution in [1.29, 1.82) is 0 Å². The Balaban J connectivity index is 0.000000290. The number of carboxylic acids is 2. The predicted molar refractivity (Wildman–Crippen MR) is 132 cm³/mol. The molecule has 0 saturated heterocycles. The van der Waals surface area contributed by atoms with Crippen molar-refractivity contribution in [2.75, 3.05) is 12.3 Å². The molecule has 8 N–H and O–H groups in total. The summed E-state index contributed by atoms with van der Waals surface area (Å²) in [4.78, 5) is 19.8. The smallest absolute Gasteiger partial charge is 0.339 e. The molecular formula is C22H23NO13S2. The maximum Gasteiger partial charge on any atom is 0.339 e. The number of hydrogen-bond acceptors (Lipinski definition) is 10. The molecule has 16 heteroatoms. The number of rotatable bonds is 6. The zero-order valence-electron chi connectivity index (χ0n) is 19.4. The highest BCUT2D eigenvalue weighted by atomic mass is 32.2. The van der Waals surface area contributed by atoms with E-state index < -0.39 is 64.6 Å². The number of aromatic hydroxyl groups is 2. The number of carbonyl (C=O) groups is 2. The maximum absolute atomic E-state index is 10.6. The third kappa shape index (κ3) is 9.58. The number of nitrogens with two attached hydrogens (primary N) is 1. The van der Waals surface area contributed by atoms with Crippen LogP contribution in [0, 0.1) is 0 Å². The summed E-state index contributed by atoms with van der Waals surface area (Å²) in [6.07, 6.45) is 0. The molecule has 38 heavy (non-hydrogen) atoms. The first-order chi connectivity index (χ1) is 17.5. The van der Waals surface area contributed by atoms with Gasteiger partial charge in [0.2, 0.25) is 0 Å². The van der Waals surface area contributed by atoms with Gasteiger partial charge in [0.15, 0.2) is 0 Å². The van der Waals surface area contributed by atoms with Crippen molar-refractivity contribution >= 4 is 37.9 Å². The molecule has 3 aromatic rings. The van der Waals surface area contributed by atoms with Gasteiger partial charge in [-0.15, -0.1) is 0 Å². The molecule has 0 saturated carbocycles. The second-order valence-corrected chi connectivity index (χ2v) is 9.73. The summed E-state index contributed by atoms with van der Waals surface area (Å²) in [5, 5.41) is 35.1. The van der Waals surface area contributed by atoms with Crippen LogP contribution in [0.5, 0.6) is 17.2 Å². The molecule has 0 aliphatic heterocycles. The van der Waals surface area contributed by atoms with Gasteiger partial charge >= 0.3 is 11.9 Å². The van der Waals surface area contributed by atoms with E-state index in [2.05, 4.69) is 0 Å². The number of hydrogen-bond donors (Lipinski definition) is 7. The van der Waals surface area contributed by atoms with Crippen LogP contribution in [0.3, 0.4) is 0 Å². The molecule has 0 unspecified atom stereocenters. The number of ether oxygens (including phenoxy) is 1. The summed E-state index contributed by atoms with van der Waals surface area (Å²) in [5.74, 6) is -3.32. The van der Waals surface area contributed by atoms with Crippen LogP contribution in [0.2, 0.25) is 0 Å². The van der Waals surface area contributed by atoms with Gasteiger partial charge in [-0.25, -0.2) is 9.59 Å². The van der Waals surface area contributed by atoms with E-state index in [0.29, 0.717) is 24.4 Å². The molecule has 3 rings (SSSR count). The molecule has 0 fully saturated rings. The Bertz CT molecular complexity index is 1430. The van der Waals surface area contributed by atoms with Gasteiger partial charge in [-0.05, 0) is 55.5 Å². The van der Waals surface area contributed by atoms with Crippen molar-refractivity contribution in [3.8, 4) is 17.2 Å². The van der Waals surface area contributed by atoms with E-state index in [1.54, 1.807) is 0 Å². The van der Waals surface area contributed by atoms with E-state index in [9.17, 15) is 26.4 Å². The third-order valence-corrected chi connectivity index (χ3v) is 5.91. The standard InChI is InChI=1S/C8H11NO.2C7H6O6S/c1-2-10-8-6-4-3-5-7(8)9;2*8-6-2-1-4(14(11,12)13)3-5(6)7(9)10/h3-6H,2,9H2,1H3;2*1-3,8H,(H,9,10)(H,11,12,13). The lowest BCUT2D eigenvalue weighted by Crippen LogP contribution is -2.02. The first-order valence-electron chi connectivity index (χ1n) is 10.0. The summed E-state index contributed by atoms with van der Waals surface area (Å²) in [6.45, 7) is 2.60. The van der Waals surface area contributed by atoms with Crippen molar-refractivity contribution < 1.29 is 60.7 Å². The van der Waals surface area contributed by atoms with Gasteiger partial charge < -0.3 is 30.9 Å². The molecule has 0 heterocycles. The van der Waals surface area contributed by atoms with Crippen LogP contribution in [0.25, 0.3) is 0 Å². The monoisotopic (exact) mass is 573 g/mol. The fourth-order valence-electron chi connectivity index (χ4n) is 2.46. The fraction of sp³-hybridized carbons (Fsp3) is 0.0909. The SMILES string of the molecule is CCOc1ccccc1N.O=C(O)c1cc(S(=O)(=O)O)ccc1O.O=C(O)c1cc(S(=O)(=O)O)ccc1O. The Morgan fingerprint density at radius 3 is 1.47 bits per heavy atom. The van der Waals surface area contributed by atoms with Gasteiger partial charge in [-0.2, -0.15) is 16.8 Å². The van der Waals surface area contributed by atoms with Crippen molar-refractivity contribution in [2.24, 2.45) is 0 Å². The first-order valence-corrected chi connectivity index (χ1v) is 12.9. The normalized spacial score (nSPS) is 10.7. The summed E-state index contributed by atoms with van der Waals surface area (Å²) < 4.78 is 64.8. The van der Waals surface area contributed by atoms with E-state index in [0.717, 1.165) is 30.0 Å². The minimum atomic E-state index is -4.45. The zero-order valence-corrected chi connectivity index (χ0v) is 21.0. The van der Waals surface area contributed by atoms with Gasteiger partial charge in [0, 0.05) is 0 Å². The molecule has 3 aromatic carbocycles. The number of para-hydroxylation sites is 2. The lowest BCUT2D eigenvalue weighted by Gasteiger charge is -2.04. The van der Waals surface area contributed by atoms with E-state index in [1.165, 1.54) is 0 Å². The van der Waals surface area contributed by atoms with E-state index >= 15 is 0 Å². The predicted octanol–water partition coefficient (Wildman–Crippen LogP) is 2.34. The highest BCUT2D eigenvalue weighted by Crippen LogP contribution is 2.22. The highest BCUT2D eigenvalue weighted by molar-refractivity contribution is 7.86. The van der Waals surface area contributed by atoms with Gasteiger partial charge in [0.25, 0.3) is 20.2 Å². The van der Waals surface area contributed by atoms with Crippen LogP contribution >= 0.6 is 0 Å². The first kappa shape index (κ1) is 31.6. The van der Waals surface area contributed by atoms with Crippen molar-refractivity contribution in [2.45, 2.75) is 16.7 Å². The quantitative estimate of drug-likeness (QED) is 0.165. The van der Waals surface area contributed by atoms with Crippen LogP contribution in [0.15, 0.2) is 70.5 Å². The second kappa shape index (κ2) is 13.2. The maximum atomic E-state index is 10.6. The number of carboxylic acid groups (broad SMARTS) is 2. The molecule has 0 spiro atoms. The Morgan fingerprint density at radius 1 is 0.763 bits per heavy atom. The number of benzene rings is 3. The number of phenols is 2. The van der Waals surface area contributed by atoms with Crippen LogP contribution in [0.4, 0.5) is 5.69 Å². The van der Waals surface area contributed by atoms with Crippen LogP contribution < -0.4 is 10.5 Å². The van der Waals surface area contributed by atoms with E-state index in [-0.39, 0.29) is 0 Å². The Labute approximate surface area is 216 Å². The molecule has 14 nitrogen and oxygen atoms in total. The summed E-state index contributed by atoms with van der Waals surface area (Å²) in [7, 11) is -8.90. The lowest BCUT2D eigenvalue weighted by molar-refractivity contribution is 0.0682. The molecule has 0 atom stereocenters. The van der Waals surface area contributed by atoms with E-state index in [4.69, 9.17) is 40.0 Å². The third-order valence-electron chi connectivity index (χ3n) is 4.21. The van der Waals surface area contributed by atoms with Crippen molar-refractivity contribution in [3.63, 3.8) is 0 Å². The number of aromatic carboxylic acids is 2. The summed E-state index contributed by atoms with van der Waals surface area (Å²) >= 11 is 0. The van der Waals surface area contributed by atoms with Gasteiger partial charge in [-0.1, -0.05) is 12.1 Å². The largest absolute Gasteiger partial charge is 0.507 e. The molecular weight excluding hydrogens is 550 g/mol. The van der Waals surface area contributed by atoms with Crippen LogP contribution in [-0.4, -0.2) is 64.9 Å². The molecule has 0 amide bonds. The average Bonchev–Trinajstić information content (AvgIpc) is 2.80. The van der Waals surface area contributed by atoms with Gasteiger partial charge in [-0.3, -0.25) is 9.11 Å². The molecule has 0 bridgehead atoms. The number of nitrogen functional groups attached to an aromatic ring is 1. The zero-order chi connectivity index (χ0) is 29.3. The van der Waals surface area contributed by atoms with Gasteiger partial charge in [0.1, 0.15) is 28.4 Å². The fourth-order valence-corrected chi connectivity index (χ4v) is 3.47. The Morgan fingerprint density at radius 2 is 1.16 bits per heavy atom. The molecule has 0 aliphatic carbocycles. The summed E-state index contributed by atoms with van der Waals surface area (Å²) in [5.41, 5.74) is 5.11. The van der Waals surface area contributed by atoms with Gasteiger partial charge in [0.05, 0.1) is 22.1 Å². The van der Waals surface area contributed by atoms with Crippen LogP contribution in [0.1, 0.15) is 27.6 Å². The minimum absolute atomic E-state index is 0.565. The van der Waals surface area contributed by atoms with Crippen molar-refractivity contribution in [1.82, 2.24) is 0 Å². The van der Waals surface area contributed by atoms with Crippen LogP contribution in [-0.2, 0) is 20.2 Å². The lowest BCUT2D eigenvalue weighted by atomic mass is 10.2. The topological polar surface area (TPSA) is 259 Å². The highest BCUT2D eigenvalue weighted by Gasteiger charge is 2.17.